The van der Waals surface area contributed by atoms with Gasteiger partial charge in [0.25, 0.3) is 0 Å². The summed E-state index contributed by atoms with van der Waals surface area (Å²) in [4.78, 5) is 0. The second-order valence-electron chi connectivity index (χ2n) is 3.88. The van der Waals surface area contributed by atoms with Crippen LogP contribution in [0.4, 0.5) is 21.5 Å². The van der Waals surface area contributed by atoms with Gasteiger partial charge in [-0.05, 0) is 30.3 Å². The summed E-state index contributed by atoms with van der Waals surface area (Å²) in [5, 5.41) is 11.7. The minimum absolute atomic E-state index is 0.281. The van der Waals surface area contributed by atoms with E-state index in [1.165, 1.54) is 19.2 Å². The average Bonchev–Trinajstić information content (AvgIpc) is 2.41. The molecule has 0 saturated carbocycles. The highest BCUT2D eigenvalue weighted by atomic mass is 19.1. The molecule has 0 fully saturated rings. The molecule has 0 saturated heterocycles. The van der Waals surface area contributed by atoms with Crippen LogP contribution in [0.15, 0.2) is 36.4 Å². The molecule has 0 radical (unpaired) electrons. The van der Waals surface area contributed by atoms with E-state index in [0.717, 1.165) is 0 Å². The van der Waals surface area contributed by atoms with Crippen LogP contribution in [0.2, 0.25) is 0 Å². The predicted molar refractivity (Wildman–Crippen MR) is 71.8 cm³/mol. The van der Waals surface area contributed by atoms with Crippen LogP contribution < -0.4 is 15.8 Å². The van der Waals surface area contributed by atoms with E-state index in [1.54, 1.807) is 24.3 Å². The lowest BCUT2D eigenvalue weighted by molar-refractivity contribution is 0.414. The molecule has 0 aliphatic rings. The first-order valence-electron chi connectivity index (χ1n) is 5.54. The Kier molecular flexibility index (Phi) is 3.53. The van der Waals surface area contributed by atoms with Crippen LogP contribution in [0, 0.1) is 17.1 Å². The number of rotatable bonds is 3. The second kappa shape index (κ2) is 5.27. The number of ether oxygens (including phenoxy) is 1. The van der Waals surface area contributed by atoms with Gasteiger partial charge in [0, 0.05) is 11.8 Å². The van der Waals surface area contributed by atoms with E-state index in [9.17, 15) is 4.39 Å². The van der Waals surface area contributed by atoms with Crippen molar-refractivity contribution in [3.8, 4) is 11.8 Å². The standard InChI is InChI=1S/C14H12FN3O/c1-19-11-4-5-12(15)14(7-11)18-10-3-2-9(8-16)13(17)6-10/h2-7,18H,17H2,1H3. The lowest BCUT2D eigenvalue weighted by Crippen LogP contribution is -1.97. The lowest BCUT2D eigenvalue weighted by Gasteiger charge is -2.10. The topological polar surface area (TPSA) is 71.1 Å². The number of hydrogen-bond acceptors (Lipinski definition) is 4. The number of nitrogen functional groups attached to an aromatic ring is 1. The first kappa shape index (κ1) is 12.7. The highest BCUT2D eigenvalue weighted by Gasteiger charge is 2.06. The molecule has 0 aromatic heterocycles. The first-order chi connectivity index (χ1) is 9.13. The van der Waals surface area contributed by atoms with Gasteiger partial charge in [0.2, 0.25) is 0 Å². The Bertz CT molecular complexity index is 650. The molecular formula is C14H12FN3O. The summed E-state index contributed by atoms with van der Waals surface area (Å²) < 4.78 is 18.7. The minimum atomic E-state index is -0.399. The smallest absolute Gasteiger partial charge is 0.146 e. The van der Waals surface area contributed by atoms with Crippen LogP contribution in [0.5, 0.6) is 5.75 Å². The highest BCUT2D eigenvalue weighted by Crippen LogP contribution is 2.26. The number of nitrogens with zero attached hydrogens (tertiary/aromatic N) is 1. The quantitative estimate of drug-likeness (QED) is 0.829. The van der Waals surface area contributed by atoms with Crippen molar-refractivity contribution < 1.29 is 9.13 Å². The molecule has 2 rings (SSSR count). The van der Waals surface area contributed by atoms with Crippen molar-refractivity contribution >= 4 is 17.1 Å². The molecule has 0 atom stereocenters. The van der Waals surface area contributed by atoms with Crippen LogP contribution in [0.25, 0.3) is 0 Å². The van der Waals surface area contributed by atoms with Gasteiger partial charge in [-0.1, -0.05) is 0 Å². The molecule has 96 valence electrons. The van der Waals surface area contributed by atoms with Crippen LogP contribution in [0.3, 0.4) is 0 Å². The van der Waals surface area contributed by atoms with Crippen molar-refractivity contribution in [2.24, 2.45) is 0 Å². The van der Waals surface area contributed by atoms with Crippen LogP contribution in [-0.4, -0.2) is 7.11 Å². The molecule has 3 N–H and O–H groups in total. The number of benzene rings is 2. The molecule has 5 heteroatoms. The zero-order valence-electron chi connectivity index (χ0n) is 10.3. The molecule has 0 bridgehead atoms. The van der Waals surface area contributed by atoms with Gasteiger partial charge >= 0.3 is 0 Å². The summed E-state index contributed by atoms with van der Waals surface area (Å²) in [5.41, 5.74) is 7.31. The molecule has 0 heterocycles. The Morgan fingerprint density at radius 1 is 1.26 bits per heavy atom. The third kappa shape index (κ3) is 2.75. The maximum atomic E-state index is 13.6. The van der Waals surface area contributed by atoms with Crippen molar-refractivity contribution in [1.82, 2.24) is 0 Å². The van der Waals surface area contributed by atoms with Gasteiger partial charge in [-0.2, -0.15) is 5.26 Å². The number of anilines is 3. The maximum Gasteiger partial charge on any atom is 0.146 e. The largest absolute Gasteiger partial charge is 0.497 e. The van der Waals surface area contributed by atoms with E-state index >= 15 is 0 Å². The fourth-order valence-corrected chi connectivity index (χ4v) is 1.62. The lowest BCUT2D eigenvalue weighted by atomic mass is 10.1. The molecular weight excluding hydrogens is 245 g/mol. The average molecular weight is 257 g/mol. The van der Waals surface area contributed by atoms with Gasteiger partial charge in [-0.25, -0.2) is 4.39 Å². The van der Waals surface area contributed by atoms with Gasteiger partial charge in [0.1, 0.15) is 17.6 Å². The summed E-state index contributed by atoms with van der Waals surface area (Å²) in [5.74, 6) is 0.147. The third-order valence-electron chi connectivity index (χ3n) is 2.62. The summed E-state index contributed by atoms with van der Waals surface area (Å²) in [6.07, 6.45) is 0. The van der Waals surface area contributed by atoms with Crippen molar-refractivity contribution in [2.45, 2.75) is 0 Å². The summed E-state index contributed by atoms with van der Waals surface area (Å²) in [6, 6.07) is 11.2. The van der Waals surface area contributed by atoms with E-state index in [-0.39, 0.29) is 5.69 Å². The first-order valence-corrected chi connectivity index (χ1v) is 5.54. The number of hydrogen-bond donors (Lipinski definition) is 2. The minimum Gasteiger partial charge on any atom is -0.497 e. The summed E-state index contributed by atoms with van der Waals surface area (Å²) >= 11 is 0. The maximum absolute atomic E-state index is 13.6. The van der Waals surface area contributed by atoms with Gasteiger partial charge in [-0.15, -0.1) is 0 Å². The highest BCUT2D eigenvalue weighted by molar-refractivity contribution is 5.68. The van der Waals surface area contributed by atoms with E-state index in [0.29, 0.717) is 22.7 Å². The molecule has 0 unspecified atom stereocenters. The Balaban J connectivity index is 2.31. The van der Waals surface area contributed by atoms with Crippen LogP contribution >= 0.6 is 0 Å². The van der Waals surface area contributed by atoms with Crippen molar-refractivity contribution in [2.75, 3.05) is 18.2 Å². The fraction of sp³-hybridized carbons (Fsp3) is 0.0714. The summed E-state index contributed by atoms with van der Waals surface area (Å²) in [7, 11) is 1.51. The van der Waals surface area contributed by atoms with E-state index < -0.39 is 5.82 Å². The molecule has 0 amide bonds. The van der Waals surface area contributed by atoms with Crippen molar-refractivity contribution in [1.29, 1.82) is 5.26 Å². The van der Waals surface area contributed by atoms with Crippen LogP contribution in [-0.2, 0) is 0 Å². The monoisotopic (exact) mass is 257 g/mol. The number of methoxy groups -OCH3 is 1. The van der Waals surface area contributed by atoms with E-state index in [4.69, 9.17) is 15.7 Å². The Morgan fingerprint density at radius 2 is 2.05 bits per heavy atom. The number of nitrogens with one attached hydrogen (secondary N) is 1. The molecule has 19 heavy (non-hydrogen) atoms. The van der Waals surface area contributed by atoms with Gasteiger partial charge in [0.15, 0.2) is 0 Å². The normalized spacial score (nSPS) is 9.74. The zero-order chi connectivity index (χ0) is 13.8. The summed E-state index contributed by atoms with van der Waals surface area (Å²) in [6.45, 7) is 0. The fourth-order valence-electron chi connectivity index (χ4n) is 1.62. The van der Waals surface area contributed by atoms with Crippen molar-refractivity contribution in [3.05, 3.63) is 47.8 Å². The molecule has 0 spiro atoms. The Labute approximate surface area is 110 Å². The number of nitriles is 1. The van der Waals surface area contributed by atoms with Gasteiger partial charge in [-0.3, -0.25) is 0 Å². The predicted octanol–water partition coefficient (Wildman–Crippen LogP) is 3.03. The number of nitrogens with two attached hydrogens (primary N) is 1. The molecule has 0 aliphatic carbocycles. The van der Waals surface area contributed by atoms with E-state index in [2.05, 4.69) is 5.32 Å². The Morgan fingerprint density at radius 3 is 2.68 bits per heavy atom. The van der Waals surface area contributed by atoms with Crippen molar-refractivity contribution in [3.63, 3.8) is 0 Å². The third-order valence-corrected chi connectivity index (χ3v) is 2.62. The SMILES string of the molecule is COc1ccc(F)c(Nc2ccc(C#N)c(N)c2)c1. The Hall–Kier alpha value is -2.74. The second-order valence-corrected chi connectivity index (χ2v) is 3.88. The van der Waals surface area contributed by atoms with Gasteiger partial charge < -0.3 is 15.8 Å². The van der Waals surface area contributed by atoms with Crippen LogP contribution in [0.1, 0.15) is 5.56 Å². The molecule has 2 aromatic carbocycles. The molecule has 4 nitrogen and oxygen atoms in total. The van der Waals surface area contributed by atoms with Gasteiger partial charge in [0.05, 0.1) is 24.0 Å². The molecule has 2 aromatic rings. The number of halogens is 1. The zero-order valence-corrected chi connectivity index (χ0v) is 10.3. The van der Waals surface area contributed by atoms with E-state index in [1.807, 2.05) is 6.07 Å². The molecule has 0 aliphatic heterocycles.